The molecule has 0 unspecified atom stereocenters. The van der Waals surface area contributed by atoms with E-state index in [-0.39, 0.29) is 18.4 Å². The van der Waals surface area contributed by atoms with Crippen LogP contribution in [0, 0.1) is 0 Å². The fourth-order valence-corrected chi connectivity index (χ4v) is 2.49. The molecule has 0 radical (unpaired) electrons. The smallest absolute Gasteiger partial charge is 0.251 e. The summed E-state index contributed by atoms with van der Waals surface area (Å²) in [6.07, 6.45) is 2.27. The number of amides is 2. The monoisotopic (exact) mass is 315 g/mol. The van der Waals surface area contributed by atoms with Crippen LogP contribution >= 0.6 is 0 Å². The van der Waals surface area contributed by atoms with Crippen molar-refractivity contribution in [3.05, 3.63) is 47.3 Å². The summed E-state index contributed by atoms with van der Waals surface area (Å²) in [5.41, 5.74) is 1.38. The highest BCUT2D eigenvalue weighted by Crippen LogP contribution is 2.18. The second-order valence-corrected chi connectivity index (χ2v) is 5.25. The molecule has 1 aromatic carbocycles. The van der Waals surface area contributed by atoms with Crippen molar-refractivity contribution in [1.82, 2.24) is 15.4 Å². The summed E-state index contributed by atoms with van der Waals surface area (Å²) in [4.78, 5) is 26.0. The van der Waals surface area contributed by atoms with Crippen LogP contribution < -0.4 is 10.1 Å². The molecule has 0 atom stereocenters. The molecule has 120 valence electrons. The third-order valence-electron chi connectivity index (χ3n) is 3.78. The van der Waals surface area contributed by atoms with Gasteiger partial charge in [0.25, 0.3) is 5.91 Å². The van der Waals surface area contributed by atoms with Gasteiger partial charge in [-0.1, -0.05) is 11.2 Å². The quantitative estimate of drug-likeness (QED) is 0.910. The van der Waals surface area contributed by atoms with E-state index in [1.54, 1.807) is 35.4 Å². The number of fused-ring (bicyclic) bond motifs is 1. The number of carbonyl (C=O) groups excluding carboxylic acids is 2. The number of aromatic nitrogens is 1. The zero-order chi connectivity index (χ0) is 16.2. The Balaban J connectivity index is 1.55. The molecule has 7 heteroatoms. The number of methoxy groups -OCH3 is 1. The Kier molecular flexibility index (Phi) is 4.27. The third-order valence-corrected chi connectivity index (χ3v) is 3.78. The van der Waals surface area contributed by atoms with Crippen molar-refractivity contribution in [2.24, 2.45) is 0 Å². The van der Waals surface area contributed by atoms with E-state index < -0.39 is 0 Å². The summed E-state index contributed by atoms with van der Waals surface area (Å²) in [5.74, 6) is 0.988. The van der Waals surface area contributed by atoms with Crippen molar-refractivity contribution in [2.45, 2.75) is 13.0 Å². The van der Waals surface area contributed by atoms with E-state index in [9.17, 15) is 9.59 Å². The maximum absolute atomic E-state index is 12.2. The van der Waals surface area contributed by atoms with Crippen molar-refractivity contribution >= 4 is 11.8 Å². The molecule has 1 aliphatic rings. The summed E-state index contributed by atoms with van der Waals surface area (Å²) >= 11 is 0. The van der Waals surface area contributed by atoms with Gasteiger partial charge in [0.2, 0.25) is 5.91 Å². The molecule has 2 heterocycles. The predicted molar refractivity (Wildman–Crippen MR) is 81.0 cm³/mol. The second kappa shape index (κ2) is 6.51. The zero-order valence-electron chi connectivity index (χ0n) is 12.7. The lowest BCUT2D eigenvalue weighted by atomic mass is 10.1. The van der Waals surface area contributed by atoms with Crippen LogP contribution in [0.1, 0.15) is 21.7 Å². The number of hydrogen-bond donors (Lipinski definition) is 1. The van der Waals surface area contributed by atoms with Crippen molar-refractivity contribution < 1.29 is 18.8 Å². The summed E-state index contributed by atoms with van der Waals surface area (Å²) < 4.78 is 10.2. The lowest BCUT2D eigenvalue weighted by Gasteiger charge is -2.25. The molecule has 7 nitrogen and oxygen atoms in total. The molecule has 1 aliphatic heterocycles. The maximum Gasteiger partial charge on any atom is 0.251 e. The van der Waals surface area contributed by atoms with E-state index in [0.29, 0.717) is 30.8 Å². The van der Waals surface area contributed by atoms with Crippen molar-refractivity contribution in [3.8, 4) is 5.75 Å². The minimum atomic E-state index is -0.306. The topological polar surface area (TPSA) is 84.7 Å². The van der Waals surface area contributed by atoms with Gasteiger partial charge in [-0.25, -0.2) is 0 Å². The molecular weight excluding hydrogens is 298 g/mol. The van der Waals surface area contributed by atoms with Crippen LogP contribution in [0.25, 0.3) is 0 Å². The van der Waals surface area contributed by atoms with Crippen molar-refractivity contribution in [3.63, 3.8) is 0 Å². The Morgan fingerprint density at radius 1 is 1.43 bits per heavy atom. The first kappa shape index (κ1) is 15.1. The van der Waals surface area contributed by atoms with Gasteiger partial charge in [0, 0.05) is 24.1 Å². The van der Waals surface area contributed by atoms with Crippen molar-refractivity contribution in [1.29, 1.82) is 0 Å². The van der Waals surface area contributed by atoms with Crippen LogP contribution in [-0.2, 0) is 17.8 Å². The van der Waals surface area contributed by atoms with E-state index >= 15 is 0 Å². The van der Waals surface area contributed by atoms with Crippen LogP contribution in [0.4, 0.5) is 0 Å². The number of rotatable bonds is 4. The molecule has 0 spiro atoms. The summed E-state index contributed by atoms with van der Waals surface area (Å²) in [7, 11) is 1.54. The Labute approximate surface area is 133 Å². The number of ether oxygens (including phenoxy) is 1. The average Bonchev–Trinajstić information content (AvgIpc) is 3.07. The van der Waals surface area contributed by atoms with Gasteiger partial charge in [-0.05, 0) is 18.2 Å². The minimum absolute atomic E-state index is 0.0450. The van der Waals surface area contributed by atoms with Crippen LogP contribution in [0.5, 0.6) is 5.75 Å². The Morgan fingerprint density at radius 3 is 3.13 bits per heavy atom. The largest absolute Gasteiger partial charge is 0.497 e. The number of carbonyl (C=O) groups is 2. The van der Waals surface area contributed by atoms with E-state index in [1.807, 2.05) is 0 Å². The van der Waals surface area contributed by atoms with Gasteiger partial charge in [-0.3, -0.25) is 9.59 Å². The van der Waals surface area contributed by atoms with Gasteiger partial charge in [0.15, 0.2) is 0 Å². The molecular formula is C16H17N3O4. The Hall–Kier alpha value is -2.83. The first-order valence-electron chi connectivity index (χ1n) is 7.30. The molecule has 0 saturated carbocycles. The van der Waals surface area contributed by atoms with Gasteiger partial charge in [0.1, 0.15) is 11.5 Å². The number of hydrogen-bond acceptors (Lipinski definition) is 5. The van der Waals surface area contributed by atoms with E-state index in [1.165, 1.54) is 7.11 Å². The molecule has 3 rings (SSSR count). The maximum atomic E-state index is 12.2. The van der Waals surface area contributed by atoms with Gasteiger partial charge >= 0.3 is 0 Å². The zero-order valence-corrected chi connectivity index (χ0v) is 12.7. The third kappa shape index (κ3) is 3.33. The number of nitrogens with one attached hydrogen (secondary N) is 1. The van der Waals surface area contributed by atoms with Crippen LogP contribution in [0.2, 0.25) is 0 Å². The molecule has 1 N–H and O–H groups in total. The highest BCUT2D eigenvalue weighted by Gasteiger charge is 2.23. The summed E-state index contributed by atoms with van der Waals surface area (Å²) in [6, 6.07) is 6.79. The molecule has 1 aromatic heterocycles. The predicted octanol–water partition coefficient (Wildman–Crippen LogP) is 0.998. The average molecular weight is 315 g/mol. The standard InChI is InChI=1S/C16H17N3O4/c1-22-13-4-2-3-11(7-13)16(21)17-9-15(20)19-6-5-14-12(10-19)8-18-23-14/h2-4,7-8H,5-6,9-10H2,1H3,(H,17,21). The van der Waals surface area contributed by atoms with Crippen LogP contribution in [0.3, 0.4) is 0 Å². The number of benzene rings is 1. The van der Waals surface area contributed by atoms with Gasteiger partial charge < -0.3 is 19.5 Å². The highest BCUT2D eigenvalue weighted by molar-refractivity contribution is 5.96. The first-order chi connectivity index (χ1) is 11.2. The molecule has 0 fully saturated rings. The molecule has 2 aromatic rings. The molecule has 0 bridgehead atoms. The number of nitrogens with zero attached hydrogens (tertiary/aromatic N) is 2. The second-order valence-electron chi connectivity index (χ2n) is 5.25. The van der Waals surface area contributed by atoms with Gasteiger partial charge in [0.05, 0.1) is 26.4 Å². The van der Waals surface area contributed by atoms with E-state index in [4.69, 9.17) is 9.26 Å². The molecule has 2 amide bonds. The van der Waals surface area contributed by atoms with Crippen molar-refractivity contribution in [2.75, 3.05) is 20.2 Å². The molecule has 0 aliphatic carbocycles. The van der Waals surface area contributed by atoms with E-state index in [2.05, 4.69) is 10.5 Å². The lowest BCUT2D eigenvalue weighted by Crippen LogP contribution is -2.42. The summed E-state index contributed by atoms with van der Waals surface area (Å²) in [5, 5.41) is 6.37. The Morgan fingerprint density at radius 2 is 2.30 bits per heavy atom. The first-order valence-corrected chi connectivity index (χ1v) is 7.30. The lowest BCUT2D eigenvalue weighted by molar-refractivity contribution is -0.131. The minimum Gasteiger partial charge on any atom is -0.497 e. The fourth-order valence-electron chi connectivity index (χ4n) is 2.49. The highest BCUT2D eigenvalue weighted by atomic mass is 16.5. The summed E-state index contributed by atoms with van der Waals surface area (Å²) in [6.45, 7) is 0.986. The normalized spacial score (nSPS) is 13.3. The fraction of sp³-hybridized carbons (Fsp3) is 0.312. The SMILES string of the molecule is COc1cccc(C(=O)NCC(=O)N2CCc3oncc3C2)c1. The Bertz CT molecular complexity index is 726. The molecule has 23 heavy (non-hydrogen) atoms. The van der Waals surface area contributed by atoms with Crippen LogP contribution in [0.15, 0.2) is 35.0 Å². The van der Waals surface area contributed by atoms with Gasteiger partial charge in [-0.15, -0.1) is 0 Å². The van der Waals surface area contributed by atoms with Crippen LogP contribution in [-0.4, -0.2) is 42.1 Å². The van der Waals surface area contributed by atoms with Gasteiger partial charge in [-0.2, -0.15) is 0 Å². The molecule has 0 saturated heterocycles. The van der Waals surface area contributed by atoms with E-state index in [0.717, 1.165) is 11.3 Å².